The van der Waals surface area contributed by atoms with Crippen LogP contribution in [0.2, 0.25) is 0 Å². The number of aliphatic hydroxyl groups is 1. The van der Waals surface area contributed by atoms with Crippen LogP contribution < -0.4 is 0 Å². The van der Waals surface area contributed by atoms with E-state index in [1.807, 2.05) is 77.9 Å². The molecule has 271 valence electrons. The number of allylic oxidation sites excluding steroid dienone is 2. The van der Waals surface area contributed by atoms with Crippen LogP contribution in [-0.2, 0) is 43.2 Å². The van der Waals surface area contributed by atoms with Crippen LogP contribution in [0.15, 0.2) is 78.7 Å². The molecule has 1 aromatic heterocycles. The summed E-state index contributed by atoms with van der Waals surface area (Å²) in [6.45, 7) is 18.7. The van der Waals surface area contributed by atoms with Gasteiger partial charge in [-0.25, -0.2) is 8.78 Å². The summed E-state index contributed by atoms with van der Waals surface area (Å²) < 4.78 is 27.9. The van der Waals surface area contributed by atoms with Crippen molar-refractivity contribution in [1.82, 2.24) is 4.98 Å². The van der Waals surface area contributed by atoms with E-state index in [1.165, 1.54) is 17.0 Å². The molecule has 0 amide bonds. The Kier molecular flexibility index (Phi) is 13.5. The van der Waals surface area contributed by atoms with Crippen molar-refractivity contribution in [2.24, 2.45) is 10.8 Å². The first-order valence-electron chi connectivity index (χ1n) is 17.9. The Morgan fingerprint density at radius 2 is 1.48 bits per heavy atom. The van der Waals surface area contributed by atoms with E-state index in [-0.39, 0.29) is 60.7 Å². The summed E-state index contributed by atoms with van der Waals surface area (Å²) in [5, 5.41) is 12.4. The molecule has 3 nitrogen and oxygen atoms in total. The molecule has 0 saturated carbocycles. The Morgan fingerprint density at radius 1 is 0.860 bits per heavy atom. The number of fused-ring (bicyclic) bond motifs is 2. The maximum Gasteiger partial charge on any atom is 0.252 e. The fraction of sp³-hybridized carbons (Fsp3) is 0.455. The monoisotopic (exact) mass is 859 g/mol. The zero-order valence-electron chi connectivity index (χ0n) is 31.3. The number of rotatable bonds is 9. The number of ketones is 1. The average molecular weight is 859 g/mol. The van der Waals surface area contributed by atoms with E-state index in [0.29, 0.717) is 6.42 Å². The third kappa shape index (κ3) is 9.36. The quantitative estimate of drug-likeness (QED) is 0.104. The number of hydrogen-bond acceptors (Lipinski definition) is 3. The van der Waals surface area contributed by atoms with Crippen molar-refractivity contribution in [2.75, 3.05) is 0 Å². The Balaban J connectivity index is 0.000000323. The number of nitrogens with zero attached hydrogens (tertiary/aromatic N) is 1. The van der Waals surface area contributed by atoms with Gasteiger partial charge in [-0.15, -0.1) is 29.1 Å². The van der Waals surface area contributed by atoms with Gasteiger partial charge in [0.1, 0.15) is 5.76 Å². The van der Waals surface area contributed by atoms with Gasteiger partial charge in [0, 0.05) is 61.7 Å². The van der Waals surface area contributed by atoms with Gasteiger partial charge >= 0.3 is 0 Å². The van der Waals surface area contributed by atoms with Crippen molar-refractivity contribution < 1.29 is 38.8 Å². The normalized spacial score (nSPS) is 14.7. The van der Waals surface area contributed by atoms with Crippen LogP contribution in [0.5, 0.6) is 0 Å². The molecule has 0 atom stereocenters. The number of benzene rings is 3. The predicted molar refractivity (Wildman–Crippen MR) is 200 cm³/mol. The summed E-state index contributed by atoms with van der Waals surface area (Å²) >= 11 is 0. The van der Waals surface area contributed by atoms with E-state index in [9.17, 15) is 18.7 Å². The van der Waals surface area contributed by atoms with Crippen LogP contribution in [0, 0.1) is 16.9 Å². The van der Waals surface area contributed by atoms with Gasteiger partial charge in [0.15, 0.2) is 5.78 Å². The first kappa shape index (κ1) is 41.2. The fourth-order valence-corrected chi connectivity index (χ4v) is 6.33. The molecule has 0 aliphatic heterocycles. The molecule has 1 radical (unpaired) electrons. The number of pyridine rings is 1. The maximum absolute atomic E-state index is 14.0. The summed E-state index contributed by atoms with van der Waals surface area (Å²) in [6, 6.07) is 24.0. The number of carbonyl (C=O) groups is 1. The topological polar surface area (TPSA) is 50.2 Å². The molecule has 1 N–H and O–H groups in total. The predicted octanol–water partition coefficient (Wildman–Crippen LogP) is 12.4. The number of halogens is 2. The van der Waals surface area contributed by atoms with Crippen molar-refractivity contribution in [3.8, 4) is 22.4 Å². The number of alkyl halides is 2. The van der Waals surface area contributed by atoms with E-state index in [2.05, 4.69) is 56.1 Å². The van der Waals surface area contributed by atoms with Crippen LogP contribution >= 0.6 is 0 Å². The molecule has 0 unspecified atom stereocenters. The molecule has 5 rings (SSSR count). The first-order valence-corrected chi connectivity index (χ1v) is 17.9. The van der Waals surface area contributed by atoms with Crippen LogP contribution in [-0.4, -0.2) is 21.8 Å². The van der Waals surface area contributed by atoms with Crippen molar-refractivity contribution >= 4 is 16.6 Å². The van der Waals surface area contributed by atoms with Gasteiger partial charge < -0.3 is 5.11 Å². The van der Waals surface area contributed by atoms with Gasteiger partial charge in [0.2, 0.25) is 0 Å². The third-order valence-electron chi connectivity index (χ3n) is 11.0. The van der Waals surface area contributed by atoms with Crippen molar-refractivity contribution in [3.05, 3.63) is 101 Å². The molecule has 0 bridgehead atoms. The van der Waals surface area contributed by atoms with Crippen molar-refractivity contribution in [1.29, 1.82) is 0 Å². The standard InChI is InChI=1S/C29H26F2N.C15H28O2.Ir/c1-28(2,3)26-16-23(15-22-6-4-5-7-25(22)26)27-17-21(11-13-32-27)20-9-8-19-10-12-29(30,31)18-24(19)14-20;1-7-14(5,8-2)12(16)11-13(17)15(6,9-3)10-4;/h4-9,11,13-14,16-17H,10,12,18H2,1-3H3;11,16H,7-10H2,1-6H3;/q-1;;/b;12-11-;. The van der Waals surface area contributed by atoms with Crippen LogP contribution in [0.3, 0.4) is 0 Å². The fourth-order valence-electron chi connectivity index (χ4n) is 6.33. The largest absolute Gasteiger partial charge is 0.512 e. The molecular formula is C44H54F2IrNO2-. The second kappa shape index (κ2) is 16.4. The molecule has 0 saturated heterocycles. The Labute approximate surface area is 312 Å². The number of aliphatic hydroxyl groups excluding tert-OH is 1. The summed E-state index contributed by atoms with van der Waals surface area (Å²) in [6.07, 6.45) is 6.74. The van der Waals surface area contributed by atoms with E-state index >= 15 is 0 Å². The number of hydrogen-bond donors (Lipinski definition) is 1. The second-order valence-corrected chi connectivity index (χ2v) is 15.3. The summed E-state index contributed by atoms with van der Waals surface area (Å²) in [4.78, 5) is 16.8. The Morgan fingerprint density at radius 3 is 2.10 bits per heavy atom. The molecule has 50 heavy (non-hydrogen) atoms. The zero-order chi connectivity index (χ0) is 36.2. The minimum Gasteiger partial charge on any atom is -0.512 e. The Bertz CT molecular complexity index is 1810. The third-order valence-corrected chi connectivity index (χ3v) is 11.0. The number of carbonyl (C=O) groups excluding carboxylic acids is 1. The molecule has 1 aliphatic rings. The summed E-state index contributed by atoms with van der Waals surface area (Å²) in [5.41, 5.74) is 6.12. The number of aryl methyl sites for hydroxylation is 1. The zero-order valence-corrected chi connectivity index (χ0v) is 33.7. The minimum atomic E-state index is -2.61. The van der Waals surface area contributed by atoms with Gasteiger partial charge in [-0.1, -0.05) is 116 Å². The van der Waals surface area contributed by atoms with E-state index in [4.69, 9.17) is 0 Å². The van der Waals surface area contributed by atoms with E-state index in [1.54, 1.807) is 6.20 Å². The van der Waals surface area contributed by atoms with Gasteiger partial charge in [-0.3, -0.25) is 9.78 Å². The minimum absolute atomic E-state index is 0. The maximum atomic E-state index is 14.0. The van der Waals surface area contributed by atoms with Crippen LogP contribution in [0.25, 0.3) is 33.2 Å². The average Bonchev–Trinajstić information content (AvgIpc) is 3.09. The first-order chi connectivity index (χ1) is 23.0. The molecule has 4 aromatic rings. The van der Waals surface area contributed by atoms with Crippen molar-refractivity contribution in [2.45, 2.75) is 119 Å². The van der Waals surface area contributed by atoms with Gasteiger partial charge in [-0.2, -0.15) is 0 Å². The number of aromatic nitrogens is 1. The molecule has 0 fully saturated rings. The van der Waals surface area contributed by atoms with Gasteiger partial charge in [-0.05, 0) is 65.8 Å². The molecule has 1 heterocycles. The van der Waals surface area contributed by atoms with E-state index < -0.39 is 5.92 Å². The second-order valence-electron chi connectivity index (χ2n) is 15.3. The summed E-state index contributed by atoms with van der Waals surface area (Å²) in [7, 11) is 0. The SMILES string of the molecule is CC(C)(C)c1cc(-c2cc(-c3ccc4c(c3)CC(F)(F)CC4)ccn2)[c-]c2ccccc12.CCC(C)(CC)C(=O)/C=C(\O)C(C)(CC)CC.[Ir]. The Hall–Kier alpha value is -3.21. The molecule has 6 heteroatoms. The molecule has 0 spiro atoms. The molecule has 1 aliphatic carbocycles. The smallest absolute Gasteiger partial charge is 0.252 e. The molecule has 3 aromatic carbocycles. The van der Waals surface area contributed by atoms with Gasteiger partial charge in [0.25, 0.3) is 5.92 Å². The van der Waals surface area contributed by atoms with Crippen LogP contribution in [0.1, 0.15) is 111 Å². The molecular weight excluding hydrogens is 805 g/mol. The summed E-state index contributed by atoms with van der Waals surface area (Å²) in [5.74, 6) is -2.33. The van der Waals surface area contributed by atoms with Crippen LogP contribution in [0.4, 0.5) is 8.78 Å². The van der Waals surface area contributed by atoms with E-state index in [0.717, 1.165) is 64.6 Å². The van der Waals surface area contributed by atoms with Gasteiger partial charge in [0.05, 0.1) is 0 Å². The van der Waals surface area contributed by atoms with Crippen molar-refractivity contribution in [3.63, 3.8) is 0 Å².